The fourth-order valence-electron chi connectivity index (χ4n) is 3.80. The smallest absolute Gasteiger partial charge is 0.332 e. The van der Waals surface area contributed by atoms with E-state index in [9.17, 15) is 14.7 Å². The molecule has 2 aromatic carbocycles. The van der Waals surface area contributed by atoms with Crippen LogP contribution in [0, 0.1) is 0 Å². The zero-order chi connectivity index (χ0) is 27.4. The van der Waals surface area contributed by atoms with Crippen molar-refractivity contribution < 1.29 is 19.3 Å². The minimum atomic E-state index is -1.02. The number of aromatic nitrogens is 4. The summed E-state index contributed by atoms with van der Waals surface area (Å²) in [5.74, 6) is 1.99. The van der Waals surface area contributed by atoms with E-state index in [0.29, 0.717) is 22.8 Å². The van der Waals surface area contributed by atoms with Crippen LogP contribution in [0.5, 0.6) is 17.2 Å². The van der Waals surface area contributed by atoms with Crippen molar-refractivity contribution in [3.8, 4) is 17.2 Å². The average molecular weight is 587 g/mol. The highest BCUT2D eigenvalue weighted by atomic mass is 79.9. The van der Waals surface area contributed by atoms with E-state index in [-0.39, 0.29) is 30.3 Å². The number of hydrogen-bond donors (Lipinski definition) is 2. The average Bonchev–Trinajstić information content (AvgIpc) is 3.27. The molecule has 12 nitrogen and oxygen atoms in total. The first kappa shape index (κ1) is 26.9. The van der Waals surface area contributed by atoms with Gasteiger partial charge in [0, 0.05) is 24.1 Å². The Hall–Kier alpha value is -4.10. The van der Waals surface area contributed by atoms with Crippen molar-refractivity contribution in [1.82, 2.24) is 18.7 Å². The van der Waals surface area contributed by atoms with Gasteiger partial charge in [0.2, 0.25) is 5.95 Å². The second-order valence-electron chi connectivity index (χ2n) is 8.32. The van der Waals surface area contributed by atoms with Gasteiger partial charge in [-0.3, -0.25) is 13.9 Å². The largest absolute Gasteiger partial charge is 0.497 e. The number of rotatable bonds is 10. The maximum absolute atomic E-state index is 13.0. The van der Waals surface area contributed by atoms with E-state index >= 15 is 0 Å². The Morgan fingerprint density at radius 2 is 1.79 bits per heavy atom. The first-order chi connectivity index (χ1) is 18.2. The summed E-state index contributed by atoms with van der Waals surface area (Å²) in [5.41, 5.74) is 2.73. The Bertz CT molecular complexity index is 1590. The normalized spacial score (nSPS) is 12.2. The number of aryl methyl sites for hydroxylation is 1. The van der Waals surface area contributed by atoms with Crippen LogP contribution in [-0.2, 0) is 20.6 Å². The highest BCUT2D eigenvalue weighted by Gasteiger charge is 2.21. The fraction of sp³-hybridized carbons (Fsp3) is 0.280. The lowest BCUT2D eigenvalue weighted by Gasteiger charge is -2.15. The predicted octanol–water partition coefficient (Wildman–Crippen LogP) is 2.10. The summed E-state index contributed by atoms with van der Waals surface area (Å²) < 4.78 is 20.8. The summed E-state index contributed by atoms with van der Waals surface area (Å²) in [5, 5.41) is 15.0. The third-order valence-electron chi connectivity index (χ3n) is 5.80. The van der Waals surface area contributed by atoms with Gasteiger partial charge in [0.15, 0.2) is 11.2 Å². The van der Waals surface area contributed by atoms with Crippen LogP contribution >= 0.6 is 15.9 Å². The van der Waals surface area contributed by atoms with Crippen molar-refractivity contribution in [2.75, 3.05) is 26.3 Å². The SMILES string of the molecule is COc1ccc(OCC(O)Cn2c(N/N=C/c3cc(Br)ccc3OC)nc3c2c(=O)n(C)c(=O)n3C)cc1. The third-order valence-corrected chi connectivity index (χ3v) is 6.30. The molecule has 0 aliphatic heterocycles. The van der Waals surface area contributed by atoms with Gasteiger partial charge in [-0.15, -0.1) is 0 Å². The number of anilines is 1. The molecule has 38 heavy (non-hydrogen) atoms. The molecule has 0 saturated carbocycles. The Morgan fingerprint density at radius 3 is 2.47 bits per heavy atom. The number of nitrogens with one attached hydrogen (secondary N) is 1. The molecular weight excluding hydrogens is 560 g/mol. The lowest BCUT2D eigenvalue weighted by atomic mass is 10.2. The molecule has 13 heteroatoms. The number of imidazole rings is 1. The second kappa shape index (κ2) is 11.5. The summed E-state index contributed by atoms with van der Waals surface area (Å²) in [7, 11) is 6.03. The molecule has 0 fully saturated rings. The van der Waals surface area contributed by atoms with E-state index in [1.807, 2.05) is 12.1 Å². The molecule has 2 N–H and O–H groups in total. The van der Waals surface area contributed by atoms with Gasteiger partial charge < -0.3 is 23.9 Å². The molecule has 0 saturated heterocycles. The minimum Gasteiger partial charge on any atom is -0.497 e. The van der Waals surface area contributed by atoms with Crippen molar-refractivity contribution in [2.24, 2.45) is 19.2 Å². The Morgan fingerprint density at radius 1 is 1.08 bits per heavy atom. The van der Waals surface area contributed by atoms with Crippen LogP contribution in [0.1, 0.15) is 5.56 Å². The van der Waals surface area contributed by atoms with Crippen LogP contribution in [0.4, 0.5) is 5.95 Å². The van der Waals surface area contributed by atoms with E-state index < -0.39 is 17.4 Å². The summed E-state index contributed by atoms with van der Waals surface area (Å²) in [4.78, 5) is 30.0. The number of hydrazone groups is 1. The Balaban J connectivity index is 1.65. The molecule has 2 aromatic heterocycles. The standard InChI is InChI=1S/C25H27BrN6O6/c1-30-22-21(23(34)31(2)25(30)35)32(13-17(33)14-38-19-8-6-18(36-3)7-9-19)24(28-22)29-27-12-15-11-16(26)5-10-20(15)37-4/h5-12,17,33H,13-14H2,1-4H3,(H,28,29)/b27-12+. The summed E-state index contributed by atoms with van der Waals surface area (Å²) >= 11 is 3.42. The molecule has 2 heterocycles. The number of benzene rings is 2. The zero-order valence-electron chi connectivity index (χ0n) is 21.2. The molecule has 1 atom stereocenters. The van der Waals surface area contributed by atoms with E-state index in [4.69, 9.17) is 14.2 Å². The van der Waals surface area contributed by atoms with Gasteiger partial charge in [-0.05, 0) is 42.5 Å². The van der Waals surface area contributed by atoms with Gasteiger partial charge in [0.1, 0.15) is 30.0 Å². The third kappa shape index (κ3) is 5.58. The molecule has 200 valence electrons. The van der Waals surface area contributed by atoms with E-state index in [1.54, 1.807) is 44.6 Å². The van der Waals surface area contributed by atoms with Gasteiger partial charge in [-0.25, -0.2) is 10.2 Å². The van der Waals surface area contributed by atoms with Gasteiger partial charge in [0.25, 0.3) is 5.56 Å². The molecule has 4 aromatic rings. The predicted molar refractivity (Wildman–Crippen MR) is 147 cm³/mol. The van der Waals surface area contributed by atoms with Crippen LogP contribution in [0.25, 0.3) is 11.2 Å². The van der Waals surface area contributed by atoms with Crippen molar-refractivity contribution in [3.63, 3.8) is 0 Å². The monoisotopic (exact) mass is 586 g/mol. The molecule has 1 unspecified atom stereocenters. The van der Waals surface area contributed by atoms with Crippen LogP contribution in [0.3, 0.4) is 0 Å². The van der Waals surface area contributed by atoms with Gasteiger partial charge in [-0.2, -0.15) is 10.1 Å². The maximum Gasteiger partial charge on any atom is 0.332 e. The molecule has 0 aliphatic rings. The lowest BCUT2D eigenvalue weighted by molar-refractivity contribution is 0.0938. The number of nitrogens with zero attached hydrogens (tertiary/aromatic N) is 5. The molecule has 0 bridgehead atoms. The van der Waals surface area contributed by atoms with Crippen molar-refractivity contribution >= 4 is 39.3 Å². The Kier molecular flexibility index (Phi) is 8.17. The summed E-state index contributed by atoms with van der Waals surface area (Å²) in [6.45, 7) is -0.117. The van der Waals surface area contributed by atoms with E-state index in [2.05, 4.69) is 31.4 Å². The number of fused-ring (bicyclic) bond motifs is 1. The first-order valence-corrected chi connectivity index (χ1v) is 12.3. The topological polar surface area (TPSA) is 134 Å². The lowest BCUT2D eigenvalue weighted by Crippen LogP contribution is -2.38. The molecular formula is C25H27BrN6O6. The number of aliphatic hydroxyl groups is 1. The number of aliphatic hydroxyl groups excluding tert-OH is 1. The maximum atomic E-state index is 13.0. The summed E-state index contributed by atoms with van der Waals surface area (Å²) in [6.07, 6.45) is 0.513. The number of hydrogen-bond acceptors (Lipinski definition) is 9. The minimum absolute atomic E-state index is 0.0574. The van der Waals surface area contributed by atoms with Gasteiger partial charge in [0.05, 0.1) is 27.0 Å². The van der Waals surface area contributed by atoms with Crippen LogP contribution in [0.15, 0.2) is 61.6 Å². The molecule has 0 aliphatic carbocycles. The van der Waals surface area contributed by atoms with Gasteiger partial charge in [-0.1, -0.05) is 15.9 Å². The first-order valence-electron chi connectivity index (χ1n) is 11.5. The molecule has 0 amide bonds. The Labute approximate surface area is 225 Å². The zero-order valence-corrected chi connectivity index (χ0v) is 22.8. The molecule has 4 rings (SSSR count). The number of ether oxygens (including phenoxy) is 3. The van der Waals surface area contributed by atoms with Crippen molar-refractivity contribution in [1.29, 1.82) is 0 Å². The van der Waals surface area contributed by atoms with Crippen LogP contribution in [0.2, 0.25) is 0 Å². The van der Waals surface area contributed by atoms with Gasteiger partial charge >= 0.3 is 5.69 Å². The van der Waals surface area contributed by atoms with Crippen LogP contribution < -0.4 is 30.9 Å². The highest BCUT2D eigenvalue weighted by Crippen LogP contribution is 2.22. The molecule has 0 spiro atoms. The number of halogens is 1. The fourth-order valence-corrected chi connectivity index (χ4v) is 4.18. The summed E-state index contributed by atoms with van der Waals surface area (Å²) in [6, 6.07) is 12.4. The quantitative estimate of drug-likeness (QED) is 0.213. The van der Waals surface area contributed by atoms with Crippen molar-refractivity contribution in [3.05, 3.63) is 73.3 Å². The van der Waals surface area contributed by atoms with Crippen molar-refractivity contribution in [2.45, 2.75) is 12.6 Å². The number of methoxy groups -OCH3 is 2. The van der Waals surface area contributed by atoms with Crippen LogP contribution in [-0.4, -0.2) is 56.9 Å². The van der Waals surface area contributed by atoms with E-state index in [0.717, 1.165) is 9.04 Å². The molecule has 0 radical (unpaired) electrons. The second-order valence-corrected chi connectivity index (χ2v) is 9.24. The highest BCUT2D eigenvalue weighted by molar-refractivity contribution is 9.10. The van der Waals surface area contributed by atoms with E-state index in [1.165, 1.54) is 29.4 Å².